The number of methoxy groups -OCH3 is 1. The first-order chi connectivity index (χ1) is 10.8. The summed E-state index contributed by atoms with van der Waals surface area (Å²) in [7, 11) is 1.62. The fourth-order valence-corrected chi connectivity index (χ4v) is 2.37. The molecular formula is C16H25N3O3. The summed E-state index contributed by atoms with van der Waals surface area (Å²) < 4.78 is 10.6. The minimum Gasteiger partial charge on any atom is -0.490 e. The largest absolute Gasteiger partial charge is 0.490 e. The molecule has 1 amide bonds. The van der Waals surface area contributed by atoms with Crippen molar-refractivity contribution in [1.82, 2.24) is 15.5 Å². The molecule has 0 aliphatic carbocycles. The van der Waals surface area contributed by atoms with E-state index in [1.54, 1.807) is 19.2 Å². The Kier molecular flexibility index (Phi) is 7.15. The monoisotopic (exact) mass is 307 g/mol. The molecule has 0 atom stereocenters. The number of hydrogen-bond donors (Lipinski definition) is 2. The lowest BCUT2D eigenvalue weighted by atomic mass is 10.2. The van der Waals surface area contributed by atoms with Gasteiger partial charge in [-0.2, -0.15) is 0 Å². The lowest BCUT2D eigenvalue weighted by Gasteiger charge is -2.27. The molecule has 0 bridgehead atoms. The van der Waals surface area contributed by atoms with Crippen LogP contribution in [0.15, 0.2) is 24.3 Å². The predicted molar refractivity (Wildman–Crippen MR) is 85.5 cm³/mol. The Morgan fingerprint density at radius 1 is 1.27 bits per heavy atom. The van der Waals surface area contributed by atoms with Crippen LogP contribution < -0.4 is 15.4 Å². The molecule has 122 valence electrons. The van der Waals surface area contributed by atoms with Gasteiger partial charge in [-0.1, -0.05) is 12.1 Å². The van der Waals surface area contributed by atoms with Crippen molar-refractivity contribution in [1.29, 1.82) is 0 Å². The second-order valence-electron chi connectivity index (χ2n) is 5.18. The molecule has 1 aliphatic heterocycles. The summed E-state index contributed by atoms with van der Waals surface area (Å²) in [4.78, 5) is 14.6. The van der Waals surface area contributed by atoms with E-state index in [9.17, 15) is 4.79 Å². The molecule has 1 aromatic rings. The van der Waals surface area contributed by atoms with E-state index in [4.69, 9.17) is 9.47 Å². The van der Waals surface area contributed by atoms with Gasteiger partial charge in [-0.3, -0.25) is 9.69 Å². The fraction of sp³-hybridized carbons (Fsp3) is 0.562. The van der Waals surface area contributed by atoms with Gasteiger partial charge in [-0.25, -0.2) is 0 Å². The highest BCUT2D eigenvalue weighted by molar-refractivity contribution is 5.96. The molecule has 2 N–H and O–H groups in total. The highest BCUT2D eigenvalue weighted by Gasteiger charge is 2.13. The van der Waals surface area contributed by atoms with Crippen LogP contribution in [0, 0.1) is 0 Å². The second kappa shape index (κ2) is 9.40. The van der Waals surface area contributed by atoms with Crippen LogP contribution in [0.4, 0.5) is 0 Å². The maximum Gasteiger partial charge on any atom is 0.255 e. The third kappa shape index (κ3) is 5.29. The molecule has 1 heterocycles. The van der Waals surface area contributed by atoms with Crippen molar-refractivity contribution in [2.24, 2.45) is 0 Å². The molecule has 6 nitrogen and oxygen atoms in total. The first-order valence-corrected chi connectivity index (χ1v) is 7.73. The van der Waals surface area contributed by atoms with Crippen molar-refractivity contribution >= 4 is 5.91 Å². The van der Waals surface area contributed by atoms with Crippen LogP contribution in [0.25, 0.3) is 0 Å². The van der Waals surface area contributed by atoms with Crippen molar-refractivity contribution in [2.75, 3.05) is 59.6 Å². The highest BCUT2D eigenvalue weighted by atomic mass is 16.5. The number of carbonyl (C=O) groups excluding carboxylic acids is 1. The van der Waals surface area contributed by atoms with Crippen LogP contribution in [0.2, 0.25) is 0 Å². The summed E-state index contributed by atoms with van der Waals surface area (Å²) in [5, 5.41) is 6.28. The highest BCUT2D eigenvalue weighted by Crippen LogP contribution is 2.17. The van der Waals surface area contributed by atoms with E-state index in [1.165, 1.54) is 0 Å². The molecule has 0 aromatic heterocycles. The fourth-order valence-electron chi connectivity index (χ4n) is 2.37. The Balaban J connectivity index is 1.80. The van der Waals surface area contributed by atoms with E-state index < -0.39 is 0 Å². The standard InChI is InChI=1S/C16H25N3O3/c1-21-12-13-22-15-5-3-2-4-14(15)16(20)18-8-11-19-9-6-17-7-10-19/h2-5,17H,6-13H2,1H3,(H,18,20). The van der Waals surface area contributed by atoms with Gasteiger partial charge >= 0.3 is 0 Å². The predicted octanol–water partition coefficient (Wildman–Crippen LogP) is 0.347. The number of ether oxygens (including phenoxy) is 2. The number of carbonyl (C=O) groups is 1. The van der Waals surface area contributed by atoms with Gasteiger partial charge in [-0.15, -0.1) is 0 Å². The Hall–Kier alpha value is -1.63. The van der Waals surface area contributed by atoms with Gasteiger partial charge in [0.2, 0.25) is 0 Å². The van der Waals surface area contributed by atoms with Gasteiger partial charge in [0, 0.05) is 46.4 Å². The summed E-state index contributed by atoms with van der Waals surface area (Å²) in [6.45, 7) is 6.55. The molecule has 0 saturated carbocycles. The molecule has 1 fully saturated rings. The molecule has 0 unspecified atom stereocenters. The first kappa shape index (κ1) is 16.7. The number of nitrogens with zero attached hydrogens (tertiary/aromatic N) is 1. The molecule has 1 aromatic carbocycles. The van der Waals surface area contributed by atoms with Gasteiger partial charge in [0.25, 0.3) is 5.91 Å². The smallest absolute Gasteiger partial charge is 0.255 e. The van der Waals surface area contributed by atoms with Crippen LogP contribution in [0.5, 0.6) is 5.75 Å². The van der Waals surface area contributed by atoms with Crippen molar-refractivity contribution in [2.45, 2.75) is 0 Å². The number of amides is 1. The number of para-hydroxylation sites is 1. The molecule has 1 aliphatic rings. The van der Waals surface area contributed by atoms with Gasteiger partial charge in [-0.05, 0) is 12.1 Å². The maximum absolute atomic E-state index is 12.3. The van der Waals surface area contributed by atoms with Gasteiger partial charge in [0.05, 0.1) is 12.2 Å². The Morgan fingerprint density at radius 3 is 2.82 bits per heavy atom. The molecule has 1 saturated heterocycles. The number of hydrogen-bond acceptors (Lipinski definition) is 5. The number of rotatable bonds is 8. The number of nitrogens with one attached hydrogen (secondary N) is 2. The van der Waals surface area contributed by atoms with Crippen LogP contribution in [0.3, 0.4) is 0 Å². The molecule has 0 spiro atoms. The van der Waals surface area contributed by atoms with Crippen molar-refractivity contribution in [3.63, 3.8) is 0 Å². The molecular weight excluding hydrogens is 282 g/mol. The van der Waals surface area contributed by atoms with Crippen LogP contribution in [-0.2, 0) is 4.74 Å². The van der Waals surface area contributed by atoms with Crippen LogP contribution in [-0.4, -0.2) is 70.4 Å². The van der Waals surface area contributed by atoms with E-state index in [-0.39, 0.29) is 5.91 Å². The normalized spacial score (nSPS) is 15.5. The first-order valence-electron chi connectivity index (χ1n) is 7.73. The quantitative estimate of drug-likeness (QED) is 0.679. The van der Waals surface area contributed by atoms with Gasteiger partial charge < -0.3 is 20.1 Å². The Labute approximate surface area is 131 Å². The van der Waals surface area contributed by atoms with E-state index >= 15 is 0 Å². The summed E-state index contributed by atoms with van der Waals surface area (Å²) in [5.41, 5.74) is 0.568. The average molecular weight is 307 g/mol. The average Bonchev–Trinajstić information content (AvgIpc) is 2.56. The van der Waals surface area contributed by atoms with Gasteiger partial charge in [0.1, 0.15) is 12.4 Å². The zero-order chi connectivity index (χ0) is 15.6. The minimum absolute atomic E-state index is 0.0943. The Bertz CT molecular complexity index is 462. The van der Waals surface area contributed by atoms with Crippen LogP contribution in [0.1, 0.15) is 10.4 Å². The molecule has 22 heavy (non-hydrogen) atoms. The lowest BCUT2D eigenvalue weighted by molar-refractivity contribution is 0.0939. The van der Waals surface area contributed by atoms with Gasteiger partial charge in [0.15, 0.2) is 0 Å². The zero-order valence-electron chi connectivity index (χ0n) is 13.1. The molecule has 2 rings (SSSR count). The topological polar surface area (TPSA) is 62.8 Å². The zero-order valence-corrected chi connectivity index (χ0v) is 13.1. The minimum atomic E-state index is -0.0943. The van der Waals surface area contributed by atoms with Crippen molar-refractivity contribution in [3.05, 3.63) is 29.8 Å². The number of piperazine rings is 1. The SMILES string of the molecule is COCCOc1ccccc1C(=O)NCCN1CCNCC1. The third-order valence-electron chi connectivity index (χ3n) is 3.60. The summed E-state index contributed by atoms with van der Waals surface area (Å²) >= 11 is 0. The third-order valence-corrected chi connectivity index (χ3v) is 3.60. The number of benzene rings is 1. The second-order valence-corrected chi connectivity index (χ2v) is 5.18. The van der Waals surface area contributed by atoms with E-state index in [1.807, 2.05) is 12.1 Å². The van der Waals surface area contributed by atoms with E-state index in [2.05, 4.69) is 15.5 Å². The van der Waals surface area contributed by atoms with Crippen molar-refractivity contribution < 1.29 is 14.3 Å². The molecule has 0 radical (unpaired) electrons. The van der Waals surface area contributed by atoms with Crippen molar-refractivity contribution in [3.8, 4) is 5.75 Å². The summed E-state index contributed by atoms with van der Waals surface area (Å²) in [6, 6.07) is 7.29. The maximum atomic E-state index is 12.3. The summed E-state index contributed by atoms with van der Waals surface area (Å²) in [5.74, 6) is 0.502. The van der Waals surface area contributed by atoms with E-state index in [0.29, 0.717) is 31.1 Å². The Morgan fingerprint density at radius 2 is 2.05 bits per heavy atom. The molecule has 6 heteroatoms. The summed E-state index contributed by atoms with van der Waals surface area (Å²) in [6.07, 6.45) is 0. The lowest BCUT2D eigenvalue weighted by Crippen LogP contribution is -2.46. The van der Waals surface area contributed by atoms with E-state index in [0.717, 1.165) is 32.7 Å². The van der Waals surface area contributed by atoms with Crippen LogP contribution >= 0.6 is 0 Å².